The minimum absolute atomic E-state index is 0.175. The van der Waals surface area contributed by atoms with E-state index < -0.39 is 11.8 Å². The second-order valence-corrected chi connectivity index (χ2v) is 7.99. The average molecular weight is 457 g/mol. The van der Waals surface area contributed by atoms with E-state index in [4.69, 9.17) is 9.47 Å². The number of aryl methyl sites for hydroxylation is 1. The van der Waals surface area contributed by atoms with Crippen LogP contribution in [0.4, 0.5) is 11.4 Å². The molecule has 0 bridgehead atoms. The van der Waals surface area contributed by atoms with Crippen LogP contribution in [0.2, 0.25) is 0 Å². The van der Waals surface area contributed by atoms with Gasteiger partial charge in [-0.15, -0.1) is 0 Å². The molecule has 0 saturated heterocycles. The molecule has 0 radical (unpaired) electrons. The van der Waals surface area contributed by atoms with E-state index in [1.54, 1.807) is 38.5 Å². The molecule has 1 aliphatic rings. The van der Waals surface area contributed by atoms with Gasteiger partial charge in [0.15, 0.2) is 0 Å². The molecule has 0 atom stereocenters. The molecule has 0 saturated carbocycles. The summed E-state index contributed by atoms with van der Waals surface area (Å²) in [6, 6.07) is 22.1. The first-order chi connectivity index (χ1) is 16.6. The van der Waals surface area contributed by atoms with Gasteiger partial charge in [0.25, 0.3) is 11.8 Å². The third kappa shape index (κ3) is 4.39. The topological polar surface area (TPSA) is 67.9 Å². The summed E-state index contributed by atoms with van der Waals surface area (Å²) < 4.78 is 11.0. The van der Waals surface area contributed by atoms with E-state index >= 15 is 0 Å². The molecule has 34 heavy (non-hydrogen) atoms. The predicted molar refractivity (Wildman–Crippen MR) is 134 cm³/mol. The molecule has 4 rings (SSSR count). The summed E-state index contributed by atoms with van der Waals surface area (Å²) in [5, 5.41) is 3.17. The number of methoxy groups -OCH3 is 2. The van der Waals surface area contributed by atoms with E-state index in [9.17, 15) is 9.59 Å². The largest absolute Gasteiger partial charge is 0.496 e. The highest BCUT2D eigenvalue weighted by molar-refractivity contribution is 6.46. The number of hydrogen-bond donors (Lipinski definition) is 1. The van der Waals surface area contributed by atoms with Crippen LogP contribution < -0.4 is 19.7 Å². The van der Waals surface area contributed by atoms with Gasteiger partial charge in [-0.25, -0.2) is 4.90 Å². The molecule has 0 fully saturated rings. The number of ether oxygens (including phenoxy) is 2. The Balaban J connectivity index is 1.79. The summed E-state index contributed by atoms with van der Waals surface area (Å²) in [5.74, 6) is 0.231. The Morgan fingerprint density at radius 3 is 2.12 bits per heavy atom. The summed E-state index contributed by atoms with van der Waals surface area (Å²) in [5.41, 5.74) is 3.26. The average Bonchev–Trinajstić information content (AvgIpc) is 3.12. The first kappa shape index (κ1) is 23.1. The number of hydrogen-bond acceptors (Lipinski definition) is 5. The second kappa shape index (κ2) is 10.3. The van der Waals surface area contributed by atoms with E-state index in [2.05, 4.69) is 12.2 Å². The number of imide groups is 1. The standard InChI is InChI=1S/C28H28N2O4/c1-4-5-10-19-15-17-20(18-16-19)30-27(31)25(21-11-6-8-13-23(21)33-2)26(28(30)32)29-22-12-7-9-14-24(22)34-3/h6-9,11-18,29H,4-5,10H2,1-3H3. The molecule has 1 heterocycles. The van der Waals surface area contributed by atoms with E-state index in [-0.39, 0.29) is 11.3 Å². The van der Waals surface area contributed by atoms with Gasteiger partial charge in [0.2, 0.25) is 0 Å². The number of rotatable bonds is 9. The Morgan fingerprint density at radius 2 is 1.44 bits per heavy atom. The number of nitrogens with one attached hydrogen (secondary N) is 1. The Kier molecular flexibility index (Phi) is 6.97. The lowest BCUT2D eigenvalue weighted by atomic mass is 10.0. The molecular weight excluding hydrogens is 428 g/mol. The normalized spacial score (nSPS) is 13.4. The zero-order valence-corrected chi connectivity index (χ0v) is 19.6. The molecule has 2 amide bonds. The van der Waals surface area contributed by atoms with Crippen LogP contribution in [0.5, 0.6) is 11.5 Å². The number of benzene rings is 3. The zero-order chi connectivity index (χ0) is 24.1. The maximum atomic E-state index is 13.7. The van der Waals surface area contributed by atoms with E-state index in [0.717, 1.165) is 19.3 Å². The molecule has 1 aliphatic heterocycles. The molecule has 174 valence electrons. The summed E-state index contributed by atoms with van der Waals surface area (Å²) in [6.45, 7) is 2.15. The molecule has 0 spiro atoms. The Labute approximate surface area is 199 Å². The van der Waals surface area contributed by atoms with Crippen molar-refractivity contribution < 1.29 is 19.1 Å². The minimum Gasteiger partial charge on any atom is -0.496 e. The lowest BCUT2D eigenvalue weighted by Crippen LogP contribution is -2.32. The maximum absolute atomic E-state index is 13.7. The van der Waals surface area contributed by atoms with Crippen molar-refractivity contribution in [1.82, 2.24) is 0 Å². The van der Waals surface area contributed by atoms with Crippen molar-refractivity contribution >= 4 is 28.8 Å². The number of nitrogens with zero attached hydrogens (tertiary/aromatic N) is 1. The highest BCUT2D eigenvalue weighted by Crippen LogP contribution is 2.38. The second-order valence-electron chi connectivity index (χ2n) is 7.99. The van der Waals surface area contributed by atoms with Gasteiger partial charge >= 0.3 is 0 Å². The van der Waals surface area contributed by atoms with Crippen molar-refractivity contribution in [2.45, 2.75) is 26.2 Å². The summed E-state index contributed by atoms with van der Waals surface area (Å²) in [7, 11) is 3.10. The fraction of sp³-hybridized carbons (Fsp3) is 0.214. The summed E-state index contributed by atoms with van der Waals surface area (Å²) in [4.78, 5) is 28.6. The van der Waals surface area contributed by atoms with Crippen LogP contribution in [0, 0.1) is 0 Å². The van der Waals surface area contributed by atoms with Gasteiger partial charge in [-0.3, -0.25) is 9.59 Å². The van der Waals surface area contributed by atoms with Crippen LogP contribution in [0.25, 0.3) is 5.57 Å². The van der Waals surface area contributed by atoms with E-state index in [0.29, 0.717) is 28.4 Å². The van der Waals surface area contributed by atoms with Crippen LogP contribution in [0.3, 0.4) is 0 Å². The zero-order valence-electron chi connectivity index (χ0n) is 19.6. The fourth-order valence-electron chi connectivity index (χ4n) is 4.06. The highest BCUT2D eigenvalue weighted by Gasteiger charge is 2.41. The van der Waals surface area contributed by atoms with Gasteiger partial charge in [0.05, 0.1) is 31.2 Å². The van der Waals surface area contributed by atoms with Crippen molar-refractivity contribution in [1.29, 1.82) is 0 Å². The number of amides is 2. The van der Waals surface area contributed by atoms with Crippen LogP contribution in [-0.4, -0.2) is 26.0 Å². The number of carbonyl (C=O) groups is 2. The highest BCUT2D eigenvalue weighted by atomic mass is 16.5. The molecule has 1 N–H and O–H groups in total. The van der Waals surface area contributed by atoms with Crippen LogP contribution in [0.15, 0.2) is 78.5 Å². The van der Waals surface area contributed by atoms with Gasteiger partial charge < -0.3 is 14.8 Å². The number of anilines is 2. The van der Waals surface area contributed by atoms with Gasteiger partial charge in [-0.05, 0) is 48.7 Å². The van der Waals surface area contributed by atoms with Gasteiger partial charge in [-0.2, -0.15) is 0 Å². The number of para-hydroxylation sites is 3. The fourth-order valence-corrected chi connectivity index (χ4v) is 4.06. The van der Waals surface area contributed by atoms with Crippen molar-refractivity contribution in [3.8, 4) is 11.5 Å². The number of carbonyl (C=O) groups excluding carboxylic acids is 2. The molecule has 6 nitrogen and oxygen atoms in total. The van der Waals surface area contributed by atoms with E-state index in [1.807, 2.05) is 48.5 Å². The van der Waals surface area contributed by atoms with Gasteiger partial charge in [-0.1, -0.05) is 55.8 Å². The molecule has 3 aromatic carbocycles. The Bertz CT molecular complexity index is 1230. The molecule has 6 heteroatoms. The third-order valence-electron chi connectivity index (χ3n) is 5.84. The minimum atomic E-state index is -0.432. The lowest BCUT2D eigenvalue weighted by Gasteiger charge is -2.16. The first-order valence-electron chi connectivity index (χ1n) is 11.3. The van der Waals surface area contributed by atoms with Crippen LogP contribution in [0.1, 0.15) is 30.9 Å². The molecular formula is C28H28N2O4. The lowest BCUT2D eigenvalue weighted by molar-refractivity contribution is -0.120. The van der Waals surface area contributed by atoms with Crippen LogP contribution >= 0.6 is 0 Å². The van der Waals surface area contributed by atoms with Crippen molar-refractivity contribution in [3.05, 3.63) is 89.6 Å². The van der Waals surface area contributed by atoms with E-state index in [1.165, 1.54) is 10.5 Å². The predicted octanol–water partition coefficient (Wildman–Crippen LogP) is 5.44. The molecule has 3 aromatic rings. The van der Waals surface area contributed by atoms with Crippen molar-refractivity contribution in [2.75, 3.05) is 24.4 Å². The van der Waals surface area contributed by atoms with Gasteiger partial charge in [0.1, 0.15) is 17.2 Å². The van der Waals surface area contributed by atoms with Crippen molar-refractivity contribution in [3.63, 3.8) is 0 Å². The monoisotopic (exact) mass is 456 g/mol. The molecule has 0 unspecified atom stereocenters. The third-order valence-corrected chi connectivity index (χ3v) is 5.84. The number of unbranched alkanes of at least 4 members (excludes halogenated alkanes) is 1. The SMILES string of the molecule is CCCCc1ccc(N2C(=O)C(Nc3ccccc3OC)=C(c3ccccc3OC)C2=O)cc1. The van der Waals surface area contributed by atoms with Crippen molar-refractivity contribution in [2.24, 2.45) is 0 Å². The quantitative estimate of drug-likeness (QED) is 0.434. The first-order valence-corrected chi connectivity index (χ1v) is 11.3. The Morgan fingerprint density at radius 1 is 0.794 bits per heavy atom. The Hall–Kier alpha value is -4.06. The summed E-state index contributed by atoms with van der Waals surface area (Å²) in [6.07, 6.45) is 3.16. The maximum Gasteiger partial charge on any atom is 0.282 e. The van der Waals surface area contributed by atoms with Crippen LogP contribution in [-0.2, 0) is 16.0 Å². The molecule has 0 aliphatic carbocycles. The summed E-state index contributed by atoms with van der Waals surface area (Å²) >= 11 is 0. The molecule has 0 aromatic heterocycles. The smallest absolute Gasteiger partial charge is 0.282 e. The van der Waals surface area contributed by atoms with Gasteiger partial charge in [0, 0.05) is 5.56 Å².